The van der Waals surface area contributed by atoms with Gasteiger partial charge in [0.15, 0.2) is 0 Å². The minimum absolute atomic E-state index is 0.0723. The minimum Gasteiger partial charge on any atom is -0.480 e. The standard InChI is InChI=1S/C12H22N2O4/c1-8(2)10(11(15)16)13-12(17)14(3)7-9-5-4-6-18-9/h8-10H,4-7H2,1-3H3,(H,13,17)(H,15,16). The van der Waals surface area contributed by atoms with Gasteiger partial charge in [0.05, 0.1) is 6.10 Å². The van der Waals surface area contributed by atoms with Crippen molar-refractivity contribution in [3.63, 3.8) is 0 Å². The van der Waals surface area contributed by atoms with Crippen LogP contribution in [0, 0.1) is 5.92 Å². The van der Waals surface area contributed by atoms with E-state index in [0.29, 0.717) is 6.54 Å². The highest BCUT2D eigenvalue weighted by Crippen LogP contribution is 2.13. The van der Waals surface area contributed by atoms with Crippen LogP contribution in [-0.2, 0) is 9.53 Å². The largest absolute Gasteiger partial charge is 0.480 e. The molecule has 0 spiro atoms. The van der Waals surface area contributed by atoms with Gasteiger partial charge in [-0.3, -0.25) is 0 Å². The van der Waals surface area contributed by atoms with Crippen LogP contribution in [0.5, 0.6) is 0 Å². The Kier molecular flexibility index (Phi) is 5.40. The van der Waals surface area contributed by atoms with Crippen molar-refractivity contribution in [2.45, 2.75) is 38.8 Å². The monoisotopic (exact) mass is 258 g/mol. The summed E-state index contributed by atoms with van der Waals surface area (Å²) in [6.07, 6.45) is 2.04. The average molecular weight is 258 g/mol. The lowest BCUT2D eigenvalue weighted by Crippen LogP contribution is -2.50. The molecule has 2 N–H and O–H groups in total. The summed E-state index contributed by atoms with van der Waals surface area (Å²) in [5.74, 6) is -1.16. The number of carboxylic acids is 1. The predicted molar refractivity (Wildman–Crippen MR) is 66.4 cm³/mol. The highest BCUT2D eigenvalue weighted by Gasteiger charge is 2.26. The van der Waals surface area contributed by atoms with Gasteiger partial charge in [0.1, 0.15) is 6.04 Å². The molecule has 0 aromatic rings. The zero-order valence-electron chi connectivity index (χ0n) is 11.2. The minimum atomic E-state index is -1.01. The Balaban J connectivity index is 2.44. The molecule has 1 saturated heterocycles. The predicted octanol–water partition coefficient (Wildman–Crippen LogP) is 0.916. The molecule has 104 valence electrons. The summed E-state index contributed by atoms with van der Waals surface area (Å²) in [6, 6.07) is -1.23. The van der Waals surface area contributed by atoms with Crippen LogP contribution >= 0.6 is 0 Å². The number of amides is 2. The molecule has 1 aliphatic rings. The number of ether oxygens (including phenoxy) is 1. The maximum absolute atomic E-state index is 11.8. The van der Waals surface area contributed by atoms with Crippen molar-refractivity contribution in [2.24, 2.45) is 5.92 Å². The number of carbonyl (C=O) groups is 2. The second-order valence-corrected chi connectivity index (χ2v) is 5.02. The van der Waals surface area contributed by atoms with Crippen molar-refractivity contribution in [2.75, 3.05) is 20.2 Å². The number of carboxylic acid groups (broad SMARTS) is 1. The van der Waals surface area contributed by atoms with E-state index in [1.165, 1.54) is 4.90 Å². The number of hydrogen-bond acceptors (Lipinski definition) is 3. The summed E-state index contributed by atoms with van der Waals surface area (Å²) < 4.78 is 5.44. The fourth-order valence-corrected chi connectivity index (χ4v) is 1.93. The van der Waals surface area contributed by atoms with E-state index in [9.17, 15) is 9.59 Å². The van der Waals surface area contributed by atoms with E-state index in [1.807, 2.05) is 0 Å². The van der Waals surface area contributed by atoms with E-state index >= 15 is 0 Å². The Morgan fingerprint density at radius 2 is 2.17 bits per heavy atom. The number of rotatable bonds is 5. The molecule has 0 radical (unpaired) electrons. The molecule has 6 nitrogen and oxygen atoms in total. The van der Waals surface area contributed by atoms with E-state index in [-0.39, 0.29) is 18.1 Å². The Hall–Kier alpha value is -1.30. The molecule has 0 aliphatic carbocycles. The quantitative estimate of drug-likeness (QED) is 0.768. The summed E-state index contributed by atoms with van der Waals surface area (Å²) in [5.41, 5.74) is 0. The first-order valence-electron chi connectivity index (χ1n) is 6.28. The van der Waals surface area contributed by atoms with Gasteiger partial charge in [-0.15, -0.1) is 0 Å². The van der Waals surface area contributed by atoms with Crippen molar-refractivity contribution in [1.82, 2.24) is 10.2 Å². The van der Waals surface area contributed by atoms with Crippen LogP contribution in [0.15, 0.2) is 0 Å². The van der Waals surface area contributed by atoms with Crippen molar-refractivity contribution in [3.05, 3.63) is 0 Å². The zero-order valence-corrected chi connectivity index (χ0v) is 11.2. The Morgan fingerprint density at radius 3 is 2.61 bits per heavy atom. The Labute approximate surface area is 107 Å². The van der Waals surface area contributed by atoms with Crippen molar-refractivity contribution >= 4 is 12.0 Å². The normalized spacial score (nSPS) is 20.8. The van der Waals surface area contributed by atoms with Crippen molar-refractivity contribution in [1.29, 1.82) is 0 Å². The molecular formula is C12H22N2O4. The molecule has 0 aromatic heterocycles. The van der Waals surface area contributed by atoms with E-state index in [1.54, 1.807) is 20.9 Å². The van der Waals surface area contributed by atoms with Gasteiger partial charge in [-0.05, 0) is 18.8 Å². The first kappa shape index (κ1) is 14.8. The van der Waals surface area contributed by atoms with Gasteiger partial charge in [0, 0.05) is 20.2 Å². The van der Waals surface area contributed by atoms with Gasteiger partial charge in [-0.2, -0.15) is 0 Å². The van der Waals surface area contributed by atoms with Gasteiger partial charge in [-0.1, -0.05) is 13.8 Å². The lowest BCUT2D eigenvalue weighted by atomic mass is 10.1. The summed E-state index contributed by atoms with van der Waals surface area (Å²) in [6.45, 7) is 4.76. The Morgan fingerprint density at radius 1 is 1.50 bits per heavy atom. The zero-order chi connectivity index (χ0) is 13.7. The molecule has 0 bridgehead atoms. The van der Waals surface area contributed by atoms with Crippen molar-refractivity contribution < 1.29 is 19.4 Å². The third kappa shape index (κ3) is 4.18. The molecular weight excluding hydrogens is 236 g/mol. The first-order chi connectivity index (χ1) is 8.41. The lowest BCUT2D eigenvalue weighted by Gasteiger charge is -2.25. The van der Waals surface area contributed by atoms with Crippen LogP contribution in [-0.4, -0.2) is 54.4 Å². The van der Waals surface area contributed by atoms with Crippen LogP contribution < -0.4 is 5.32 Å². The molecule has 1 rings (SSSR count). The molecule has 1 fully saturated rings. The van der Waals surface area contributed by atoms with Gasteiger partial charge in [-0.25, -0.2) is 9.59 Å². The SMILES string of the molecule is CC(C)C(NC(=O)N(C)CC1CCCO1)C(=O)O. The number of hydrogen-bond donors (Lipinski definition) is 2. The third-order valence-corrected chi connectivity index (χ3v) is 3.06. The van der Waals surface area contributed by atoms with Crippen LogP contribution in [0.25, 0.3) is 0 Å². The van der Waals surface area contributed by atoms with Gasteiger partial charge in [0.2, 0.25) is 0 Å². The van der Waals surface area contributed by atoms with Gasteiger partial charge >= 0.3 is 12.0 Å². The molecule has 1 heterocycles. The average Bonchev–Trinajstić information content (AvgIpc) is 2.77. The first-order valence-corrected chi connectivity index (χ1v) is 6.28. The molecule has 2 amide bonds. The van der Waals surface area contributed by atoms with E-state index in [2.05, 4.69) is 5.32 Å². The summed E-state index contributed by atoms with van der Waals surface area (Å²) >= 11 is 0. The van der Waals surface area contributed by atoms with Gasteiger partial charge in [0.25, 0.3) is 0 Å². The molecule has 2 unspecified atom stereocenters. The summed E-state index contributed by atoms with van der Waals surface area (Å²) in [5, 5.41) is 11.5. The number of nitrogens with zero attached hydrogens (tertiary/aromatic N) is 1. The molecule has 0 saturated carbocycles. The molecule has 1 aliphatic heterocycles. The third-order valence-electron chi connectivity index (χ3n) is 3.06. The lowest BCUT2D eigenvalue weighted by molar-refractivity contribution is -0.140. The number of urea groups is 1. The fraction of sp³-hybridized carbons (Fsp3) is 0.833. The molecule has 18 heavy (non-hydrogen) atoms. The smallest absolute Gasteiger partial charge is 0.326 e. The second kappa shape index (κ2) is 6.58. The highest BCUT2D eigenvalue weighted by atomic mass is 16.5. The van der Waals surface area contributed by atoms with Crippen molar-refractivity contribution in [3.8, 4) is 0 Å². The number of nitrogens with one attached hydrogen (secondary N) is 1. The second-order valence-electron chi connectivity index (χ2n) is 5.02. The topological polar surface area (TPSA) is 78.9 Å². The van der Waals surface area contributed by atoms with Crippen LogP contribution in [0.1, 0.15) is 26.7 Å². The fourth-order valence-electron chi connectivity index (χ4n) is 1.93. The number of aliphatic carboxylic acids is 1. The molecule has 6 heteroatoms. The van der Waals surface area contributed by atoms with E-state index < -0.39 is 12.0 Å². The maximum atomic E-state index is 11.8. The summed E-state index contributed by atoms with van der Waals surface area (Å²) in [4.78, 5) is 24.3. The molecule has 0 aromatic carbocycles. The van der Waals surface area contributed by atoms with Crippen LogP contribution in [0.4, 0.5) is 4.79 Å². The summed E-state index contributed by atoms with van der Waals surface area (Å²) in [7, 11) is 1.65. The Bertz CT molecular complexity index is 300. The van der Waals surface area contributed by atoms with E-state index in [0.717, 1.165) is 19.4 Å². The van der Waals surface area contributed by atoms with Crippen LogP contribution in [0.3, 0.4) is 0 Å². The number of likely N-dealkylation sites (N-methyl/N-ethyl adjacent to an activating group) is 1. The highest BCUT2D eigenvalue weighted by molar-refractivity contribution is 5.82. The number of carbonyl (C=O) groups excluding carboxylic acids is 1. The van der Waals surface area contributed by atoms with E-state index in [4.69, 9.17) is 9.84 Å². The van der Waals surface area contributed by atoms with Crippen LogP contribution in [0.2, 0.25) is 0 Å². The maximum Gasteiger partial charge on any atom is 0.326 e. The molecule has 2 atom stereocenters. The van der Waals surface area contributed by atoms with Gasteiger partial charge < -0.3 is 20.1 Å².